The summed E-state index contributed by atoms with van der Waals surface area (Å²) in [4.78, 5) is 0. The first-order valence-electron chi connectivity index (χ1n) is 5.13. The molecule has 0 aliphatic heterocycles. The molecule has 2 nitrogen and oxygen atoms in total. The van der Waals surface area contributed by atoms with Crippen molar-refractivity contribution in [3.63, 3.8) is 0 Å². The van der Waals surface area contributed by atoms with Crippen LogP contribution in [0.1, 0.15) is 34.1 Å². The Balaban J connectivity index is 5.03. The fraction of sp³-hybridized carbons (Fsp3) is 0.667. The van der Waals surface area contributed by atoms with E-state index in [0.29, 0.717) is 0 Å². The Morgan fingerprint density at radius 2 is 1.79 bits per heavy atom. The van der Waals surface area contributed by atoms with Crippen LogP contribution in [-0.2, 0) is 4.74 Å². The Kier molecular flexibility index (Phi) is 6.30. The summed E-state index contributed by atoms with van der Waals surface area (Å²) in [6, 6.07) is 0. The molecule has 0 aliphatic rings. The van der Waals surface area contributed by atoms with Gasteiger partial charge < -0.3 is 10.1 Å². The zero-order chi connectivity index (χ0) is 11.1. The van der Waals surface area contributed by atoms with Crippen molar-refractivity contribution >= 4 is 0 Å². The number of nitrogens with one attached hydrogen (secondary N) is 1. The van der Waals surface area contributed by atoms with Gasteiger partial charge in [0.2, 0.25) is 0 Å². The molecule has 0 bridgehead atoms. The maximum Gasteiger partial charge on any atom is 0.0972 e. The minimum Gasteiger partial charge on any atom is -0.501 e. The Labute approximate surface area is 88.0 Å². The van der Waals surface area contributed by atoms with Crippen LogP contribution in [0, 0.1) is 0 Å². The third-order valence-electron chi connectivity index (χ3n) is 2.71. The second kappa shape index (κ2) is 6.66. The first-order valence-corrected chi connectivity index (χ1v) is 5.13. The second-order valence-electron chi connectivity index (χ2n) is 3.53. The molecule has 0 amide bonds. The molecule has 0 aliphatic carbocycles. The summed E-state index contributed by atoms with van der Waals surface area (Å²) in [5.74, 6) is 1.00. The molecule has 0 atom stereocenters. The summed E-state index contributed by atoms with van der Waals surface area (Å²) >= 11 is 0. The predicted molar refractivity (Wildman–Crippen MR) is 62.3 cm³/mol. The number of rotatable bonds is 5. The van der Waals surface area contributed by atoms with Gasteiger partial charge in [0.25, 0.3) is 0 Å². The van der Waals surface area contributed by atoms with E-state index in [-0.39, 0.29) is 0 Å². The number of hydrogen-bond acceptors (Lipinski definition) is 2. The molecule has 2 heteroatoms. The van der Waals surface area contributed by atoms with E-state index < -0.39 is 0 Å². The van der Waals surface area contributed by atoms with Gasteiger partial charge in [-0.3, -0.25) is 0 Å². The molecule has 0 aromatic rings. The Hall–Kier alpha value is -0.760. The smallest absolute Gasteiger partial charge is 0.0972 e. The Morgan fingerprint density at radius 3 is 2.14 bits per heavy atom. The third kappa shape index (κ3) is 3.54. The predicted octanol–water partition coefficient (Wildman–Crippen LogP) is 2.87. The van der Waals surface area contributed by atoms with E-state index in [4.69, 9.17) is 4.74 Å². The highest BCUT2D eigenvalue weighted by Gasteiger charge is 2.06. The summed E-state index contributed by atoms with van der Waals surface area (Å²) in [7, 11) is 3.68. The van der Waals surface area contributed by atoms with Crippen molar-refractivity contribution in [2.24, 2.45) is 0 Å². The van der Waals surface area contributed by atoms with E-state index >= 15 is 0 Å². The van der Waals surface area contributed by atoms with Crippen LogP contribution >= 0.6 is 0 Å². The monoisotopic (exact) mass is 197 g/mol. The van der Waals surface area contributed by atoms with Gasteiger partial charge in [-0.25, -0.2) is 0 Å². The molecule has 0 saturated heterocycles. The SMILES string of the molecule is CCC(C)=C(C)C(CNC)=C(C)OC. The van der Waals surface area contributed by atoms with Gasteiger partial charge >= 0.3 is 0 Å². The molecule has 0 rings (SSSR count). The van der Waals surface area contributed by atoms with Gasteiger partial charge in [0, 0.05) is 12.1 Å². The first-order chi connectivity index (χ1) is 6.58. The zero-order valence-electron chi connectivity index (χ0n) is 10.3. The standard InChI is InChI=1S/C12H23NO/c1-7-9(2)10(3)12(8-13-5)11(4)14-6/h13H,7-8H2,1-6H3. The van der Waals surface area contributed by atoms with Crippen LogP contribution in [0.15, 0.2) is 22.5 Å². The van der Waals surface area contributed by atoms with Crippen molar-refractivity contribution in [3.05, 3.63) is 22.5 Å². The van der Waals surface area contributed by atoms with Crippen LogP contribution < -0.4 is 5.32 Å². The minimum atomic E-state index is 0.864. The number of allylic oxidation sites excluding steroid dienone is 2. The third-order valence-corrected chi connectivity index (χ3v) is 2.71. The molecule has 0 spiro atoms. The maximum absolute atomic E-state index is 5.29. The van der Waals surface area contributed by atoms with E-state index in [2.05, 4.69) is 26.1 Å². The average molecular weight is 197 g/mol. The van der Waals surface area contributed by atoms with Gasteiger partial charge in [-0.1, -0.05) is 12.5 Å². The lowest BCUT2D eigenvalue weighted by molar-refractivity contribution is 0.288. The molecule has 82 valence electrons. The van der Waals surface area contributed by atoms with Crippen LogP contribution in [0.25, 0.3) is 0 Å². The largest absolute Gasteiger partial charge is 0.501 e. The van der Waals surface area contributed by atoms with Crippen LogP contribution in [-0.4, -0.2) is 20.7 Å². The van der Waals surface area contributed by atoms with Gasteiger partial charge in [-0.2, -0.15) is 0 Å². The fourth-order valence-corrected chi connectivity index (χ4v) is 1.34. The van der Waals surface area contributed by atoms with Gasteiger partial charge in [-0.05, 0) is 39.8 Å². The fourth-order valence-electron chi connectivity index (χ4n) is 1.34. The molecule has 1 N–H and O–H groups in total. The number of likely N-dealkylation sites (N-methyl/N-ethyl adjacent to an activating group) is 1. The lowest BCUT2D eigenvalue weighted by atomic mass is 10.00. The van der Waals surface area contributed by atoms with E-state index in [0.717, 1.165) is 18.7 Å². The van der Waals surface area contributed by atoms with Crippen molar-refractivity contribution < 1.29 is 4.74 Å². The van der Waals surface area contributed by atoms with E-state index in [1.54, 1.807) is 7.11 Å². The van der Waals surface area contributed by atoms with E-state index in [1.165, 1.54) is 16.7 Å². The van der Waals surface area contributed by atoms with Crippen LogP contribution in [0.5, 0.6) is 0 Å². The zero-order valence-corrected chi connectivity index (χ0v) is 10.3. The van der Waals surface area contributed by atoms with Crippen LogP contribution in [0.3, 0.4) is 0 Å². The van der Waals surface area contributed by atoms with E-state index in [1.807, 2.05) is 14.0 Å². The topological polar surface area (TPSA) is 21.3 Å². The van der Waals surface area contributed by atoms with Gasteiger partial charge in [0.05, 0.1) is 12.9 Å². The average Bonchev–Trinajstić information content (AvgIpc) is 2.22. The van der Waals surface area contributed by atoms with Crippen molar-refractivity contribution in [2.45, 2.75) is 34.1 Å². The molecule has 14 heavy (non-hydrogen) atoms. The summed E-state index contributed by atoms with van der Waals surface area (Å²) in [6.07, 6.45) is 1.09. The molecular formula is C12H23NO. The summed E-state index contributed by atoms with van der Waals surface area (Å²) in [5.41, 5.74) is 4.04. The molecular weight excluding hydrogens is 174 g/mol. The lowest BCUT2D eigenvalue weighted by Gasteiger charge is -2.14. The highest BCUT2D eigenvalue weighted by atomic mass is 16.5. The Bertz CT molecular complexity index is 239. The highest BCUT2D eigenvalue weighted by Crippen LogP contribution is 2.19. The number of ether oxygens (including phenoxy) is 1. The van der Waals surface area contributed by atoms with Gasteiger partial charge in [0.1, 0.15) is 0 Å². The van der Waals surface area contributed by atoms with E-state index in [9.17, 15) is 0 Å². The van der Waals surface area contributed by atoms with Crippen LogP contribution in [0.4, 0.5) is 0 Å². The molecule has 0 aromatic heterocycles. The summed E-state index contributed by atoms with van der Waals surface area (Å²) in [6.45, 7) is 9.39. The Morgan fingerprint density at radius 1 is 1.21 bits per heavy atom. The molecule has 0 aromatic carbocycles. The molecule has 0 radical (unpaired) electrons. The van der Waals surface area contributed by atoms with Crippen molar-refractivity contribution in [1.29, 1.82) is 0 Å². The minimum absolute atomic E-state index is 0.864. The number of methoxy groups -OCH3 is 1. The van der Waals surface area contributed by atoms with Crippen molar-refractivity contribution in [2.75, 3.05) is 20.7 Å². The summed E-state index contributed by atoms with van der Waals surface area (Å²) in [5, 5.41) is 3.17. The molecule has 0 saturated carbocycles. The quantitative estimate of drug-likeness (QED) is 0.540. The highest BCUT2D eigenvalue weighted by molar-refractivity contribution is 5.35. The van der Waals surface area contributed by atoms with Crippen LogP contribution in [0.2, 0.25) is 0 Å². The number of hydrogen-bond donors (Lipinski definition) is 1. The van der Waals surface area contributed by atoms with Gasteiger partial charge in [-0.15, -0.1) is 0 Å². The summed E-state index contributed by atoms with van der Waals surface area (Å²) < 4.78 is 5.29. The van der Waals surface area contributed by atoms with Crippen molar-refractivity contribution in [1.82, 2.24) is 5.32 Å². The lowest BCUT2D eigenvalue weighted by Crippen LogP contribution is -2.14. The van der Waals surface area contributed by atoms with Crippen molar-refractivity contribution in [3.8, 4) is 0 Å². The molecule has 0 unspecified atom stereocenters. The van der Waals surface area contributed by atoms with Gasteiger partial charge in [0.15, 0.2) is 0 Å². The first kappa shape index (κ1) is 13.2. The second-order valence-corrected chi connectivity index (χ2v) is 3.53. The maximum atomic E-state index is 5.29. The molecule has 0 fully saturated rings. The molecule has 0 heterocycles. The normalized spacial score (nSPS) is 14.7.